The van der Waals surface area contributed by atoms with Crippen LogP contribution in [0.5, 0.6) is 0 Å². The first-order valence-electron chi connectivity index (χ1n) is 6.50. The third-order valence-corrected chi connectivity index (χ3v) is 3.49. The Bertz CT molecular complexity index is 621. The van der Waals surface area contributed by atoms with Crippen molar-refractivity contribution in [1.29, 1.82) is 0 Å². The molecule has 0 aliphatic heterocycles. The van der Waals surface area contributed by atoms with Crippen LogP contribution in [-0.4, -0.2) is 27.1 Å². The number of rotatable bonds is 3. The lowest BCUT2D eigenvalue weighted by Gasteiger charge is -2.14. The minimum absolute atomic E-state index is 0.154. The normalized spacial score (nSPS) is 15.8. The van der Waals surface area contributed by atoms with E-state index in [-0.39, 0.29) is 5.82 Å². The number of benzene rings is 1. The lowest BCUT2D eigenvalue weighted by molar-refractivity contribution is 0.0684. The number of aromatic carboxylic acids is 1. The summed E-state index contributed by atoms with van der Waals surface area (Å²) in [6, 6.07) is 7.87. The number of carboxylic acid groups (broad SMARTS) is 1. The van der Waals surface area contributed by atoms with Gasteiger partial charge in [-0.1, -0.05) is 25.0 Å². The Morgan fingerprint density at radius 2 is 1.95 bits per heavy atom. The maximum atomic E-state index is 11.1. The highest BCUT2D eigenvalue weighted by Gasteiger charge is 2.18. The fraction of sp³-hybridized carbons (Fsp3) is 0.357. The summed E-state index contributed by atoms with van der Waals surface area (Å²) >= 11 is 0. The summed E-state index contributed by atoms with van der Waals surface area (Å²) in [4.78, 5) is 19.3. The van der Waals surface area contributed by atoms with Gasteiger partial charge in [0.2, 0.25) is 5.82 Å². The van der Waals surface area contributed by atoms with E-state index in [9.17, 15) is 4.79 Å². The Hall–Kier alpha value is -2.17. The lowest BCUT2D eigenvalue weighted by Crippen LogP contribution is -2.17. The zero-order valence-electron chi connectivity index (χ0n) is 10.5. The Morgan fingerprint density at radius 3 is 2.68 bits per heavy atom. The highest BCUT2D eigenvalue weighted by molar-refractivity contribution is 5.93. The zero-order valence-corrected chi connectivity index (χ0v) is 10.5. The van der Waals surface area contributed by atoms with Crippen molar-refractivity contribution in [3.8, 4) is 0 Å². The van der Waals surface area contributed by atoms with E-state index in [1.54, 1.807) is 0 Å². The average Bonchev–Trinajstić information content (AvgIpc) is 2.91. The highest BCUT2D eigenvalue weighted by atomic mass is 16.4. The fourth-order valence-electron chi connectivity index (χ4n) is 2.55. The quantitative estimate of drug-likeness (QED) is 0.884. The van der Waals surface area contributed by atoms with E-state index < -0.39 is 5.97 Å². The van der Waals surface area contributed by atoms with Crippen molar-refractivity contribution < 1.29 is 9.90 Å². The average molecular weight is 257 g/mol. The van der Waals surface area contributed by atoms with Crippen LogP contribution in [0.1, 0.15) is 36.3 Å². The monoisotopic (exact) mass is 257 g/mol. The van der Waals surface area contributed by atoms with Crippen molar-refractivity contribution in [2.45, 2.75) is 31.7 Å². The minimum Gasteiger partial charge on any atom is -0.475 e. The molecule has 2 aromatic rings. The number of fused-ring (bicyclic) bond motifs is 1. The number of carboxylic acids is 1. The van der Waals surface area contributed by atoms with Gasteiger partial charge in [0.15, 0.2) is 0 Å². The van der Waals surface area contributed by atoms with Crippen molar-refractivity contribution >= 4 is 22.7 Å². The summed E-state index contributed by atoms with van der Waals surface area (Å²) in [6.07, 6.45) is 4.65. The van der Waals surface area contributed by atoms with Crippen LogP contribution in [0.25, 0.3) is 10.9 Å². The molecule has 5 heteroatoms. The Labute approximate surface area is 110 Å². The molecule has 0 amide bonds. The minimum atomic E-state index is -1.10. The molecular formula is C14H15N3O2. The number of nitrogens with zero attached hydrogens (tertiary/aromatic N) is 2. The summed E-state index contributed by atoms with van der Waals surface area (Å²) in [7, 11) is 0. The Kier molecular flexibility index (Phi) is 3.03. The first-order chi connectivity index (χ1) is 9.24. The third kappa shape index (κ3) is 2.36. The van der Waals surface area contributed by atoms with Gasteiger partial charge in [0, 0.05) is 11.4 Å². The van der Waals surface area contributed by atoms with Gasteiger partial charge in [-0.2, -0.15) is 0 Å². The largest absolute Gasteiger partial charge is 0.475 e. The van der Waals surface area contributed by atoms with Gasteiger partial charge in [-0.05, 0) is 25.0 Å². The van der Waals surface area contributed by atoms with Gasteiger partial charge in [0.25, 0.3) is 0 Å². The molecule has 0 atom stereocenters. The van der Waals surface area contributed by atoms with Gasteiger partial charge in [-0.15, -0.1) is 0 Å². The number of hydrogen-bond acceptors (Lipinski definition) is 4. The molecule has 1 heterocycles. The fourth-order valence-corrected chi connectivity index (χ4v) is 2.55. The van der Waals surface area contributed by atoms with Crippen LogP contribution in [0.2, 0.25) is 0 Å². The van der Waals surface area contributed by atoms with E-state index in [1.807, 2.05) is 24.3 Å². The smallest absolute Gasteiger partial charge is 0.374 e. The number of nitrogens with one attached hydrogen (secondary N) is 1. The molecule has 1 fully saturated rings. The first kappa shape index (κ1) is 11.9. The Balaban J connectivity index is 2.06. The third-order valence-electron chi connectivity index (χ3n) is 3.49. The molecule has 0 saturated heterocycles. The SMILES string of the molecule is O=C(O)c1nc(NC2CCCC2)c2ccccc2n1. The Morgan fingerprint density at radius 1 is 1.21 bits per heavy atom. The molecule has 19 heavy (non-hydrogen) atoms. The summed E-state index contributed by atoms with van der Waals surface area (Å²) in [5, 5.41) is 13.3. The maximum Gasteiger partial charge on any atom is 0.374 e. The topological polar surface area (TPSA) is 75.1 Å². The van der Waals surface area contributed by atoms with Gasteiger partial charge >= 0.3 is 5.97 Å². The van der Waals surface area contributed by atoms with Crippen LogP contribution < -0.4 is 5.32 Å². The van der Waals surface area contributed by atoms with Crippen LogP contribution in [0, 0.1) is 0 Å². The second-order valence-corrected chi connectivity index (χ2v) is 4.84. The standard InChI is InChI=1S/C14H15N3O2/c18-14(19)13-16-11-8-4-3-7-10(11)12(17-13)15-9-5-1-2-6-9/h3-4,7-9H,1-2,5-6H2,(H,18,19)(H,15,16,17). The predicted octanol–water partition coefficient (Wildman–Crippen LogP) is 2.68. The van der Waals surface area contributed by atoms with Crippen LogP contribution in [0.15, 0.2) is 24.3 Å². The molecule has 1 aromatic heterocycles. The number of anilines is 1. The molecule has 98 valence electrons. The van der Waals surface area contributed by atoms with E-state index in [0.29, 0.717) is 17.4 Å². The lowest BCUT2D eigenvalue weighted by atomic mass is 10.2. The van der Waals surface area contributed by atoms with Gasteiger partial charge in [0.1, 0.15) is 5.82 Å². The van der Waals surface area contributed by atoms with E-state index in [1.165, 1.54) is 12.8 Å². The summed E-state index contributed by atoms with van der Waals surface area (Å²) in [6.45, 7) is 0. The molecule has 1 aromatic carbocycles. The molecule has 1 saturated carbocycles. The second kappa shape index (κ2) is 4.84. The molecule has 0 radical (unpaired) electrons. The molecule has 2 N–H and O–H groups in total. The van der Waals surface area contributed by atoms with Crippen molar-refractivity contribution in [2.24, 2.45) is 0 Å². The molecule has 5 nitrogen and oxygen atoms in total. The second-order valence-electron chi connectivity index (χ2n) is 4.84. The number of carbonyl (C=O) groups is 1. The van der Waals surface area contributed by atoms with Gasteiger partial charge in [-0.3, -0.25) is 0 Å². The number of aromatic nitrogens is 2. The van der Waals surface area contributed by atoms with Crippen LogP contribution in [-0.2, 0) is 0 Å². The maximum absolute atomic E-state index is 11.1. The molecule has 0 bridgehead atoms. The molecule has 1 aliphatic carbocycles. The number of hydrogen-bond donors (Lipinski definition) is 2. The summed E-state index contributed by atoms with van der Waals surface area (Å²) in [5.41, 5.74) is 0.662. The van der Waals surface area contributed by atoms with Gasteiger partial charge in [-0.25, -0.2) is 14.8 Å². The van der Waals surface area contributed by atoms with Crippen molar-refractivity contribution in [1.82, 2.24) is 9.97 Å². The zero-order chi connectivity index (χ0) is 13.2. The van der Waals surface area contributed by atoms with Crippen molar-refractivity contribution in [3.63, 3.8) is 0 Å². The molecule has 3 rings (SSSR count). The van der Waals surface area contributed by atoms with Crippen molar-refractivity contribution in [3.05, 3.63) is 30.1 Å². The molecule has 0 unspecified atom stereocenters. The highest BCUT2D eigenvalue weighted by Crippen LogP contribution is 2.25. The molecule has 0 spiro atoms. The van der Waals surface area contributed by atoms with E-state index in [2.05, 4.69) is 15.3 Å². The van der Waals surface area contributed by atoms with Crippen LogP contribution in [0.3, 0.4) is 0 Å². The molecular weight excluding hydrogens is 242 g/mol. The van der Waals surface area contributed by atoms with Gasteiger partial charge < -0.3 is 10.4 Å². The summed E-state index contributed by atoms with van der Waals surface area (Å²) < 4.78 is 0. The number of para-hydroxylation sites is 1. The predicted molar refractivity (Wildman–Crippen MR) is 72.4 cm³/mol. The van der Waals surface area contributed by atoms with Crippen molar-refractivity contribution in [2.75, 3.05) is 5.32 Å². The first-order valence-corrected chi connectivity index (χ1v) is 6.50. The van der Waals surface area contributed by atoms with E-state index in [4.69, 9.17) is 5.11 Å². The van der Waals surface area contributed by atoms with E-state index >= 15 is 0 Å². The molecule has 1 aliphatic rings. The van der Waals surface area contributed by atoms with Crippen LogP contribution >= 0.6 is 0 Å². The van der Waals surface area contributed by atoms with Crippen LogP contribution in [0.4, 0.5) is 5.82 Å². The van der Waals surface area contributed by atoms with Gasteiger partial charge in [0.05, 0.1) is 5.52 Å². The summed E-state index contributed by atoms with van der Waals surface area (Å²) in [5.74, 6) is -0.616. The van der Waals surface area contributed by atoms with E-state index in [0.717, 1.165) is 18.2 Å².